The zero-order valence-corrected chi connectivity index (χ0v) is 17.3. The highest BCUT2D eigenvalue weighted by atomic mass is 15.3. The van der Waals surface area contributed by atoms with Gasteiger partial charge in [-0.05, 0) is 36.5 Å². The molecule has 0 radical (unpaired) electrons. The molecule has 0 saturated heterocycles. The van der Waals surface area contributed by atoms with Gasteiger partial charge in [0.1, 0.15) is 0 Å². The van der Waals surface area contributed by atoms with Crippen molar-refractivity contribution in [3.8, 4) is 0 Å². The van der Waals surface area contributed by atoms with Crippen LogP contribution < -0.4 is 0 Å². The van der Waals surface area contributed by atoms with Gasteiger partial charge < -0.3 is 4.48 Å². The molecule has 0 fully saturated rings. The Bertz CT molecular complexity index is 309. The van der Waals surface area contributed by atoms with Crippen LogP contribution in [0.3, 0.4) is 0 Å². The predicted octanol–water partition coefficient (Wildman–Crippen LogP) is 6.63. The summed E-state index contributed by atoms with van der Waals surface area (Å²) >= 11 is 0. The third-order valence-corrected chi connectivity index (χ3v) is 4.20. The van der Waals surface area contributed by atoms with Crippen LogP contribution in [0.2, 0.25) is 0 Å². The van der Waals surface area contributed by atoms with Crippen LogP contribution in [-0.2, 0) is 0 Å². The molecule has 0 N–H and O–H groups in total. The minimum Gasteiger partial charge on any atom is -0.313 e. The van der Waals surface area contributed by atoms with Crippen LogP contribution in [0.25, 0.3) is 0 Å². The molecule has 0 aliphatic rings. The Morgan fingerprint density at radius 3 is 1.48 bits per heavy atom. The highest BCUT2D eigenvalue weighted by Gasteiger charge is 2.36. The van der Waals surface area contributed by atoms with E-state index in [4.69, 9.17) is 0 Å². The SMILES string of the molecule is C=CC[N+](CC=C)(CC=C)CC(C)(C)CC(C)(C)CCC.CC. The maximum absolute atomic E-state index is 3.96. The number of rotatable bonds is 12. The molecule has 0 aliphatic carbocycles. The first-order valence-corrected chi connectivity index (χ1v) is 9.34. The van der Waals surface area contributed by atoms with Crippen LogP contribution >= 0.6 is 0 Å². The fourth-order valence-corrected chi connectivity index (χ4v) is 4.26. The van der Waals surface area contributed by atoms with Gasteiger partial charge in [-0.2, -0.15) is 0 Å². The molecule has 0 amide bonds. The highest BCUT2D eigenvalue weighted by Crippen LogP contribution is 2.38. The monoisotopic (exact) mass is 322 g/mol. The molecule has 0 aromatic carbocycles. The zero-order valence-electron chi connectivity index (χ0n) is 17.3. The van der Waals surface area contributed by atoms with Gasteiger partial charge >= 0.3 is 0 Å². The molecule has 23 heavy (non-hydrogen) atoms. The first-order valence-electron chi connectivity index (χ1n) is 9.34. The molecule has 0 atom stereocenters. The fraction of sp³-hybridized carbons (Fsp3) is 0.727. The van der Waals surface area contributed by atoms with E-state index in [9.17, 15) is 0 Å². The quantitative estimate of drug-likeness (QED) is 0.279. The summed E-state index contributed by atoms with van der Waals surface area (Å²) < 4.78 is 0.992. The fourth-order valence-electron chi connectivity index (χ4n) is 4.26. The van der Waals surface area contributed by atoms with E-state index in [1.54, 1.807) is 0 Å². The Labute approximate surface area is 147 Å². The van der Waals surface area contributed by atoms with Gasteiger partial charge in [-0.1, -0.05) is 74.6 Å². The summed E-state index contributed by atoms with van der Waals surface area (Å²) in [6.07, 6.45) is 9.93. The van der Waals surface area contributed by atoms with Crippen molar-refractivity contribution in [1.29, 1.82) is 0 Å². The van der Waals surface area contributed by atoms with E-state index in [1.165, 1.54) is 19.3 Å². The van der Waals surface area contributed by atoms with Crippen LogP contribution in [0.1, 0.15) is 67.7 Å². The van der Waals surface area contributed by atoms with Gasteiger partial charge in [-0.25, -0.2) is 0 Å². The minimum atomic E-state index is 0.299. The van der Waals surface area contributed by atoms with Crippen molar-refractivity contribution < 1.29 is 4.48 Å². The van der Waals surface area contributed by atoms with E-state index in [0.29, 0.717) is 10.8 Å². The standard InChI is InChI=1S/C20H38N.C2H6/c1-9-13-19(5,6)17-20(7,8)18-21(14-10-2,15-11-3)16-12-4;1-2/h10-12H,2-4,9,13-18H2,1,5-8H3;1-2H3/q+1;. The maximum Gasteiger partial charge on any atom is 0.0976 e. The van der Waals surface area contributed by atoms with Gasteiger partial charge in [0.2, 0.25) is 0 Å². The average Bonchev–Trinajstić information content (AvgIpc) is 2.39. The van der Waals surface area contributed by atoms with Gasteiger partial charge in [0.25, 0.3) is 0 Å². The minimum absolute atomic E-state index is 0.299. The molecular formula is C22H44N+. The molecule has 0 spiro atoms. The maximum atomic E-state index is 3.96. The summed E-state index contributed by atoms with van der Waals surface area (Å²) in [5.74, 6) is 0. The van der Waals surface area contributed by atoms with Crippen molar-refractivity contribution in [1.82, 2.24) is 0 Å². The molecule has 1 heteroatoms. The van der Waals surface area contributed by atoms with Gasteiger partial charge in [-0.15, -0.1) is 0 Å². The average molecular weight is 323 g/mol. The topological polar surface area (TPSA) is 0 Å². The Kier molecular flexibility index (Phi) is 12.4. The van der Waals surface area contributed by atoms with Crippen LogP contribution in [0.5, 0.6) is 0 Å². The summed E-state index contributed by atoms with van der Waals surface area (Å²) in [5, 5.41) is 0. The molecule has 0 unspecified atom stereocenters. The predicted molar refractivity (Wildman–Crippen MR) is 109 cm³/mol. The van der Waals surface area contributed by atoms with Crippen LogP contribution in [0.4, 0.5) is 0 Å². The third kappa shape index (κ3) is 10.5. The lowest BCUT2D eigenvalue weighted by Crippen LogP contribution is -2.53. The summed E-state index contributed by atoms with van der Waals surface area (Å²) in [5.41, 5.74) is 0.706. The molecule has 0 aromatic rings. The molecule has 0 aromatic heterocycles. The number of hydrogen-bond acceptors (Lipinski definition) is 0. The molecule has 0 aliphatic heterocycles. The normalized spacial score (nSPS) is 12.1. The summed E-state index contributed by atoms with van der Waals surface area (Å²) in [6, 6.07) is 0. The van der Waals surface area contributed by atoms with Crippen molar-refractivity contribution in [2.24, 2.45) is 10.8 Å². The first-order chi connectivity index (χ1) is 10.7. The number of hydrogen-bond donors (Lipinski definition) is 0. The Balaban J connectivity index is 0. The van der Waals surface area contributed by atoms with Crippen LogP contribution in [0, 0.1) is 10.8 Å². The van der Waals surface area contributed by atoms with Gasteiger partial charge in [-0.3, -0.25) is 0 Å². The molecular weight excluding hydrogens is 278 g/mol. The molecule has 136 valence electrons. The second-order valence-corrected chi connectivity index (χ2v) is 8.17. The Hall–Kier alpha value is -0.820. The van der Waals surface area contributed by atoms with E-state index in [2.05, 4.69) is 54.4 Å². The lowest BCUT2D eigenvalue weighted by Gasteiger charge is -2.44. The van der Waals surface area contributed by atoms with Crippen LogP contribution in [0.15, 0.2) is 38.0 Å². The third-order valence-electron chi connectivity index (χ3n) is 4.20. The molecule has 1 nitrogen and oxygen atoms in total. The van der Waals surface area contributed by atoms with Crippen LogP contribution in [-0.4, -0.2) is 30.7 Å². The Morgan fingerprint density at radius 2 is 1.17 bits per heavy atom. The van der Waals surface area contributed by atoms with E-state index in [1.807, 2.05) is 32.1 Å². The molecule has 0 heterocycles. The largest absolute Gasteiger partial charge is 0.313 e. The second-order valence-electron chi connectivity index (χ2n) is 8.17. The van der Waals surface area contributed by atoms with E-state index >= 15 is 0 Å². The number of nitrogens with zero attached hydrogens (tertiary/aromatic N) is 1. The zero-order chi connectivity index (χ0) is 18.6. The summed E-state index contributed by atoms with van der Waals surface area (Å²) in [4.78, 5) is 0. The first kappa shape index (κ1) is 24.4. The van der Waals surface area contributed by atoms with Gasteiger partial charge in [0, 0.05) is 5.41 Å². The van der Waals surface area contributed by atoms with Gasteiger partial charge in [0.05, 0.1) is 26.2 Å². The van der Waals surface area contributed by atoms with Crippen molar-refractivity contribution in [3.05, 3.63) is 38.0 Å². The molecule has 0 saturated carbocycles. The van der Waals surface area contributed by atoms with E-state index in [0.717, 1.165) is 30.7 Å². The molecule has 0 rings (SSSR count). The second kappa shape index (κ2) is 11.7. The Morgan fingerprint density at radius 1 is 0.783 bits per heavy atom. The summed E-state index contributed by atoms with van der Waals surface area (Å²) in [6.45, 7) is 31.9. The lowest BCUT2D eigenvalue weighted by atomic mass is 9.72. The molecule has 0 bridgehead atoms. The lowest BCUT2D eigenvalue weighted by molar-refractivity contribution is -0.918. The van der Waals surface area contributed by atoms with Crippen molar-refractivity contribution >= 4 is 0 Å². The van der Waals surface area contributed by atoms with Gasteiger partial charge in [0.15, 0.2) is 0 Å². The highest BCUT2D eigenvalue weighted by molar-refractivity contribution is 4.83. The van der Waals surface area contributed by atoms with E-state index < -0.39 is 0 Å². The van der Waals surface area contributed by atoms with E-state index in [-0.39, 0.29) is 0 Å². The van der Waals surface area contributed by atoms with Crippen molar-refractivity contribution in [2.45, 2.75) is 67.7 Å². The number of quaternary nitrogens is 1. The smallest absolute Gasteiger partial charge is 0.0976 e. The van der Waals surface area contributed by atoms with Crippen molar-refractivity contribution in [2.75, 3.05) is 26.2 Å². The van der Waals surface area contributed by atoms with Crippen molar-refractivity contribution in [3.63, 3.8) is 0 Å². The summed E-state index contributed by atoms with van der Waals surface area (Å²) in [7, 11) is 0.